The summed E-state index contributed by atoms with van der Waals surface area (Å²) in [5, 5.41) is 0. The number of methoxy groups -OCH3 is 1. The first-order valence-electron chi connectivity index (χ1n) is 13.4. The summed E-state index contributed by atoms with van der Waals surface area (Å²) < 4.78 is 45.9. The van der Waals surface area contributed by atoms with Gasteiger partial charge in [-0.3, -0.25) is 8.98 Å². The average molecular weight is 515 g/mol. The molecular formula is C27H46O7S. The van der Waals surface area contributed by atoms with E-state index in [9.17, 15) is 13.2 Å². The van der Waals surface area contributed by atoms with Crippen molar-refractivity contribution in [2.45, 2.75) is 109 Å². The van der Waals surface area contributed by atoms with Crippen molar-refractivity contribution in [2.75, 3.05) is 20.0 Å². The number of carbonyl (C=O) groups is 1. The molecule has 0 N–H and O–H groups in total. The molecule has 2 fully saturated rings. The maximum atomic E-state index is 11.8. The van der Waals surface area contributed by atoms with Crippen LogP contribution in [0.15, 0.2) is 24.3 Å². The lowest BCUT2D eigenvalue weighted by Crippen LogP contribution is -2.27. The highest BCUT2D eigenvalue weighted by atomic mass is 32.2. The van der Waals surface area contributed by atoms with Gasteiger partial charge in [0.05, 0.1) is 25.6 Å². The number of allylic oxidation sites excluding steroid dienone is 3. The summed E-state index contributed by atoms with van der Waals surface area (Å²) in [6.07, 6.45) is 21.1. The zero-order valence-corrected chi connectivity index (χ0v) is 22.7. The fourth-order valence-electron chi connectivity index (χ4n) is 4.89. The van der Waals surface area contributed by atoms with E-state index in [2.05, 4.69) is 36.0 Å². The van der Waals surface area contributed by atoms with E-state index in [-0.39, 0.29) is 36.3 Å². The molecule has 1 saturated heterocycles. The topological polar surface area (TPSA) is 88.1 Å². The van der Waals surface area contributed by atoms with Crippen LogP contribution < -0.4 is 0 Å². The van der Waals surface area contributed by atoms with Gasteiger partial charge in [0.2, 0.25) is 0 Å². The van der Waals surface area contributed by atoms with Crippen LogP contribution in [0.1, 0.15) is 90.4 Å². The highest BCUT2D eigenvalue weighted by molar-refractivity contribution is 7.86. The molecule has 1 saturated carbocycles. The van der Waals surface area contributed by atoms with Crippen LogP contribution in [0.2, 0.25) is 0 Å². The lowest BCUT2D eigenvalue weighted by atomic mass is 9.90. The van der Waals surface area contributed by atoms with Crippen LogP contribution in [0.5, 0.6) is 0 Å². The lowest BCUT2D eigenvalue weighted by molar-refractivity contribution is -0.179. The molecule has 8 heteroatoms. The van der Waals surface area contributed by atoms with Crippen molar-refractivity contribution < 1.29 is 31.6 Å². The molecule has 2 rings (SSSR count). The van der Waals surface area contributed by atoms with Gasteiger partial charge in [-0.2, -0.15) is 8.42 Å². The van der Waals surface area contributed by atoms with Crippen molar-refractivity contribution >= 4 is 16.1 Å². The summed E-state index contributed by atoms with van der Waals surface area (Å²) in [7, 11) is -2.12. The zero-order valence-electron chi connectivity index (χ0n) is 21.9. The normalized spacial score (nSPS) is 26.5. The monoisotopic (exact) mass is 514 g/mol. The molecule has 5 atom stereocenters. The van der Waals surface area contributed by atoms with Gasteiger partial charge in [0.1, 0.15) is 0 Å². The molecule has 0 spiro atoms. The van der Waals surface area contributed by atoms with Gasteiger partial charge in [-0.15, -0.1) is 0 Å². The van der Waals surface area contributed by atoms with E-state index in [1.54, 1.807) is 0 Å². The van der Waals surface area contributed by atoms with E-state index in [1.165, 1.54) is 13.5 Å². The van der Waals surface area contributed by atoms with Crippen molar-refractivity contribution in [2.24, 2.45) is 11.8 Å². The SMILES string of the molecule is CCCCC[C@@H](/C=C/[C@H]1CC[C@@H](OS(C)(=O)=O)[C@@H]1C/C=C\CCCC(=O)OC)OC1CCCCO1. The van der Waals surface area contributed by atoms with E-state index in [1.807, 2.05) is 0 Å². The Morgan fingerprint density at radius 2 is 1.94 bits per heavy atom. The molecule has 0 aromatic heterocycles. The van der Waals surface area contributed by atoms with Gasteiger partial charge >= 0.3 is 5.97 Å². The fourth-order valence-corrected chi connectivity index (χ4v) is 5.58. The Morgan fingerprint density at radius 3 is 2.63 bits per heavy atom. The molecule has 1 aliphatic carbocycles. The maximum Gasteiger partial charge on any atom is 0.305 e. The molecule has 7 nitrogen and oxygen atoms in total. The molecule has 2 aliphatic rings. The van der Waals surface area contributed by atoms with Crippen molar-refractivity contribution in [3.8, 4) is 0 Å². The van der Waals surface area contributed by atoms with Gasteiger partial charge in [-0.1, -0.05) is 50.5 Å². The second-order valence-electron chi connectivity index (χ2n) is 9.77. The van der Waals surface area contributed by atoms with Gasteiger partial charge in [0, 0.05) is 13.0 Å². The minimum Gasteiger partial charge on any atom is -0.469 e. The summed E-state index contributed by atoms with van der Waals surface area (Å²) >= 11 is 0. The molecule has 0 amide bonds. The van der Waals surface area contributed by atoms with E-state index in [4.69, 9.17) is 13.7 Å². The summed E-state index contributed by atoms with van der Waals surface area (Å²) in [6, 6.07) is 0. The Morgan fingerprint density at radius 1 is 1.11 bits per heavy atom. The Labute approximate surface area is 212 Å². The summed E-state index contributed by atoms with van der Waals surface area (Å²) in [5.41, 5.74) is 0. The lowest BCUT2D eigenvalue weighted by Gasteiger charge is -2.27. The number of unbranched alkanes of at least 4 members (excludes halogenated alkanes) is 3. The van der Waals surface area contributed by atoms with Crippen LogP contribution in [-0.4, -0.2) is 52.9 Å². The van der Waals surface area contributed by atoms with Crippen LogP contribution in [0, 0.1) is 11.8 Å². The Kier molecular flexibility index (Phi) is 14.2. The van der Waals surface area contributed by atoms with E-state index in [0.29, 0.717) is 6.42 Å². The number of rotatable bonds is 16. The van der Waals surface area contributed by atoms with Crippen molar-refractivity contribution in [3.63, 3.8) is 0 Å². The molecule has 0 bridgehead atoms. The van der Waals surface area contributed by atoms with Crippen molar-refractivity contribution in [3.05, 3.63) is 24.3 Å². The number of carbonyl (C=O) groups excluding carboxylic acids is 1. The largest absolute Gasteiger partial charge is 0.469 e. The van der Waals surface area contributed by atoms with Crippen molar-refractivity contribution in [1.82, 2.24) is 0 Å². The van der Waals surface area contributed by atoms with Crippen LogP contribution >= 0.6 is 0 Å². The van der Waals surface area contributed by atoms with Crippen LogP contribution in [0.25, 0.3) is 0 Å². The Hall–Kier alpha value is -1.22. The Bertz CT molecular complexity index is 755. The first-order valence-corrected chi connectivity index (χ1v) is 15.2. The third kappa shape index (κ3) is 12.5. The molecule has 0 radical (unpaired) electrons. The predicted molar refractivity (Wildman–Crippen MR) is 137 cm³/mol. The van der Waals surface area contributed by atoms with E-state index in [0.717, 1.165) is 83.5 Å². The standard InChI is InChI=1S/C27H46O7S/c1-4-5-8-13-23(33-27-16-11-12-21-32-27)19-17-22-18-20-25(34-35(3,29)30)24(22)14-9-6-7-10-15-26(28)31-2/h6,9,17,19,22-25,27H,4-5,7-8,10-16,18,20-21H2,1-3H3/b9-6-,19-17+/t22-,23-,24+,25+,27?/m0/s1. The maximum absolute atomic E-state index is 11.8. The quantitative estimate of drug-likeness (QED) is 0.113. The van der Waals surface area contributed by atoms with Crippen molar-refractivity contribution in [1.29, 1.82) is 0 Å². The first-order chi connectivity index (χ1) is 16.8. The molecule has 202 valence electrons. The van der Waals surface area contributed by atoms with Gasteiger partial charge in [-0.25, -0.2) is 0 Å². The molecule has 0 aromatic carbocycles. The molecule has 35 heavy (non-hydrogen) atoms. The van der Waals surface area contributed by atoms with E-state index >= 15 is 0 Å². The third-order valence-corrected chi connectivity index (χ3v) is 7.39. The van der Waals surface area contributed by atoms with Gasteiger partial charge < -0.3 is 14.2 Å². The number of hydrogen-bond donors (Lipinski definition) is 0. The minimum atomic E-state index is -3.52. The minimum absolute atomic E-state index is 0.00837. The average Bonchev–Trinajstić information content (AvgIpc) is 3.19. The summed E-state index contributed by atoms with van der Waals surface area (Å²) in [6.45, 7) is 2.96. The number of hydrogen-bond acceptors (Lipinski definition) is 7. The molecule has 1 aliphatic heterocycles. The van der Waals surface area contributed by atoms with Gasteiger partial charge in [-0.05, 0) is 69.6 Å². The fraction of sp³-hybridized carbons (Fsp3) is 0.815. The smallest absolute Gasteiger partial charge is 0.305 e. The highest BCUT2D eigenvalue weighted by Gasteiger charge is 2.36. The second-order valence-corrected chi connectivity index (χ2v) is 11.4. The van der Waals surface area contributed by atoms with Gasteiger partial charge in [0.25, 0.3) is 10.1 Å². The summed E-state index contributed by atoms with van der Waals surface area (Å²) in [4.78, 5) is 11.3. The highest BCUT2D eigenvalue weighted by Crippen LogP contribution is 2.38. The molecule has 0 aromatic rings. The van der Waals surface area contributed by atoms with Crippen LogP contribution in [0.4, 0.5) is 0 Å². The zero-order chi connectivity index (χ0) is 25.5. The summed E-state index contributed by atoms with van der Waals surface area (Å²) in [5.74, 6) is 0.112. The predicted octanol–water partition coefficient (Wildman–Crippen LogP) is 5.70. The van der Waals surface area contributed by atoms with E-state index < -0.39 is 10.1 Å². The third-order valence-electron chi connectivity index (χ3n) is 6.79. The van der Waals surface area contributed by atoms with Crippen LogP contribution in [0.3, 0.4) is 0 Å². The Balaban J connectivity index is 2.00. The second kappa shape index (κ2) is 16.5. The van der Waals surface area contributed by atoms with Gasteiger partial charge in [0.15, 0.2) is 6.29 Å². The molecule has 1 heterocycles. The van der Waals surface area contributed by atoms with Crippen LogP contribution in [-0.2, 0) is 33.3 Å². The molecular weight excluding hydrogens is 468 g/mol. The number of ether oxygens (including phenoxy) is 3. The first kappa shape index (κ1) is 30.0. The number of esters is 1. The molecule has 1 unspecified atom stereocenters.